The van der Waals surface area contributed by atoms with Crippen LogP contribution in [0.15, 0.2) is 54.7 Å². The summed E-state index contributed by atoms with van der Waals surface area (Å²) < 4.78 is 6.85. The standard InChI is InChI=1S/C16H14ClN3O/c1-21-14-8-2-11(3-9-14)15-10-19-20(16(15)18)13-6-4-12(17)5-7-13/h2-10H,18H2,1H3. The van der Waals surface area contributed by atoms with Gasteiger partial charge in [0.25, 0.3) is 0 Å². The lowest BCUT2D eigenvalue weighted by molar-refractivity contribution is 0.415. The fourth-order valence-corrected chi connectivity index (χ4v) is 2.26. The third-order valence-corrected chi connectivity index (χ3v) is 3.53. The molecule has 0 saturated heterocycles. The zero-order chi connectivity index (χ0) is 14.8. The third-order valence-electron chi connectivity index (χ3n) is 3.28. The fraction of sp³-hybridized carbons (Fsp3) is 0.0625. The van der Waals surface area contributed by atoms with Crippen LogP contribution in [0.1, 0.15) is 0 Å². The topological polar surface area (TPSA) is 53.1 Å². The number of anilines is 1. The first-order valence-electron chi connectivity index (χ1n) is 6.43. The second-order valence-corrected chi connectivity index (χ2v) is 5.00. The van der Waals surface area contributed by atoms with Crippen LogP contribution in [0.5, 0.6) is 5.75 Å². The molecule has 106 valence electrons. The van der Waals surface area contributed by atoms with E-state index in [0.717, 1.165) is 22.6 Å². The molecule has 5 heteroatoms. The number of ether oxygens (including phenoxy) is 1. The van der Waals surface area contributed by atoms with Gasteiger partial charge in [0.05, 0.1) is 19.0 Å². The van der Waals surface area contributed by atoms with E-state index in [4.69, 9.17) is 22.1 Å². The van der Waals surface area contributed by atoms with Gasteiger partial charge in [0.2, 0.25) is 0 Å². The number of rotatable bonds is 3. The Labute approximate surface area is 127 Å². The number of methoxy groups -OCH3 is 1. The Morgan fingerprint density at radius 2 is 1.71 bits per heavy atom. The molecule has 0 fully saturated rings. The highest BCUT2D eigenvalue weighted by Crippen LogP contribution is 2.29. The minimum Gasteiger partial charge on any atom is -0.497 e. The Kier molecular flexibility index (Phi) is 3.54. The Bertz CT molecular complexity index is 748. The van der Waals surface area contributed by atoms with Gasteiger partial charge in [-0.05, 0) is 42.0 Å². The molecule has 2 N–H and O–H groups in total. The highest BCUT2D eigenvalue weighted by atomic mass is 35.5. The van der Waals surface area contributed by atoms with Crippen LogP contribution in [-0.4, -0.2) is 16.9 Å². The number of nitrogen functional groups attached to an aromatic ring is 1. The lowest BCUT2D eigenvalue weighted by Gasteiger charge is -2.06. The van der Waals surface area contributed by atoms with Gasteiger partial charge in [0, 0.05) is 10.6 Å². The van der Waals surface area contributed by atoms with Crippen molar-refractivity contribution in [2.75, 3.05) is 12.8 Å². The van der Waals surface area contributed by atoms with E-state index in [1.54, 1.807) is 18.0 Å². The second-order valence-electron chi connectivity index (χ2n) is 4.56. The van der Waals surface area contributed by atoms with Crippen LogP contribution >= 0.6 is 11.6 Å². The van der Waals surface area contributed by atoms with E-state index in [-0.39, 0.29) is 0 Å². The zero-order valence-corrected chi connectivity index (χ0v) is 12.2. The molecular formula is C16H14ClN3O. The smallest absolute Gasteiger partial charge is 0.135 e. The fourth-order valence-electron chi connectivity index (χ4n) is 2.14. The molecule has 1 heterocycles. The Morgan fingerprint density at radius 1 is 1.05 bits per heavy atom. The molecule has 3 aromatic rings. The predicted octanol–water partition coefficient (Wildman–Crippen LogP) is 3.78. The summed E-state index contributed by atoms with van der Waals surface area (Å²) in [7, 11) is 1.64. The molecule has 0 aliphatic carbocycles. The molecule has 0 bridgehead atoms. The Morgan fingerprint density at radius 3 is 2.33 bits per heavy atom. The lowest BCUT2D eigenvalue weighted by Crippen LogP contribution is -2.01. The van der Waals surface area contributed by atoms with E-state index in [1.807, 2.05) is 48.5 Å². The molecule has 0 radical (unpaired) electrons. The number of hydrogen-bond acceptors (Lipinski definition) is 3. The molecular weight excluding hydrogens is 286 g/mol. The largest absolute Gasteiger partial charge is 0.497 e. The van der Waals surface area contributed by atoms with Gasteiger partial charge in [-0.2, -0.15) is 5.10 Å². The minimum atomic E-state index is 0.586. The van der Waals surface area contributed by atoms with Crippen LogP contribution in [-0.2, 0) is 0 Å². The number of benzene rings is 2. The minimum absolute atomic E-state index is 0.586. The molecule has 0 atom stereocenters. The average molecular weight is 300 g/mol. The van der Waals surface area contributed by atoms with Gasteiger partial charge in [-0.3, -0.25) is 0 Å². The van der Waals surface area contributed by atoms with Crippen LogP contribution in [0.25, 0.3) is 16.8 Å². The van der Waals surface area contributed by atoms with Crippen molar-refractivity contribution >= 4 is 17.4 Å². The second kappa shape index (κ2) is 5.50. The van der Waals surface area contributed by atoms with E-state index in [1.165, 1.54) is 0 Å². The zero-order valence-electron chi connectivity index (χ0n) is 11.5. The molecule has 0 spiro atoms. The van der Waals surface area contributed by atoms with Crippen LogP contribution in [0.2, 0.25) is 5.02 Å². The number of aromatic nitrogens is 2. The van der Waals surface area contributed by atoms with Gasteiger partial charge in [0.1, 0.15) is 11.6 Å². The van der Waals surface area contributed by atoms with E-state index in [9.17, 15) is 0 Å². The summed E-state index contributed by atoms with van der Waals surface area (Å²) in [4.78, 5) is 0. The van der Waals surface area contributed by atoms with E-state index in [0.29, 0.717) is 10.8 Å². The third kappa shape index (κ3) is 2.58. The maximum absolute atomic E-state index is 6.21. The highest BCUT2D eigenvalue weighted by molar-refractivity contribution is 6.30. The van der Waals surface area contributed by atoms with Crippen molar-refractivity contribution in [3.8, 4) is 22.6 Å². The quantitative estimate of drug-likeness (QED) is 0.800. The predicted molar refractivity (Wildman–Crippen MR) is 85.0 cm³/mol. The van der Waals surface area contributed by atoms with Gasteiger partial charge in [-0.1, -0.05) is 23.7 Å². The van der Waals surface area contributed by atoms with Crippen LogP contribution in [0.4, 0.5) is 5.82 Å². The number of nitrogens with zero attached hydrogens (tertiary/aromatic N) is 2. The lowest BCUT2D eigenvalue weighted by atomic mass is 10.1. The normalized spacial score (nSPS) is 10.6. The maximum Gasteiger partial charge on any atom is 0.135 e. The molecule has 0 amide bonds. The summed E-state index contributed by atoms with van der Waals surface area (Å²) >= 11 is 5.90. The SMILES string of the molecule is COc1ccc(-c2cnn(-c3ccc(Cl)cc3)c2N)cc1. The Hall–Kier alpha value is -2.46. The maximum atomic E-state index is 6.21. The number of nitrogens with two attached hydrogens (primary N) is 1. The molecule has 21 heavy (non-hydrogen) atoms. The summed E-state index contributed by atoms with van der Waals surface area (Å²) in [6.07, 6.45) is 1.76. The van der Waals surface area contributed by atoms with E-state index < -0.39 is 0 Å². The molecule has 0 saturated carbocycles. The number of halogens is 1. The molecule has 0 aliphatic rings. The first-order valence-corrected chi connectivity index (χ1v) is 6.80. The van der Waals surface area contributed by atoms with Gasteiger partial charge < -0.3 is 10.5 Å². The molecule has 1 aromatic heterocycles. The van der Waals surface area contributed by atoms with Crippen LogP contribution in [0.3, 0.4) is 0 Å². The Balaban J connectivity index is 2.00. The first-order chi connectivity index (χ1) is 10.2. The monoisotopic (exact) mass is 299 g/mol. The molecule has 0 unspecified atom stereocenters. The van der Waals surface area contributed by atoms with Crippen molar-refractivity contribution in [3.05, 3.63) is 59.8 Å². The number of hydrogen-bond donors (Lipinski definition) is 1. The van der Waals surface area contributed by atoms with Crippen molar-refractivity contribution in [2.24, 2.45) is 0 Å². The van der Waals surface area contributed by atoms with Crippen molar-refractivity contribution in [1.82, 2.24) is 9.78 Å². The molecule has 0 aliphatic heterocycles. The molecule has 3 rings (SSSR count). The summed E-state index contributed by atoms with van der Waals surface area (Å²) in [5, 5.41) is 5.03. The highest BCUT2D eigenvalue weighted by Gasteiger charge is 2.11. The summed E-state index contributed by atoms with van der Waals surface area (Å²) in [6.45, 7) is 0. The van der Waals surface area contributed by atoms with Crippen molar-refractivity contribution in [2.45, 2.75) is 0 Å². The van der Waals surface area contributed by atoms with E-state index >= 15 is 0 Å². The average Bonchev–Trinajstić information content (AvgIpc) is 2.90. The van der Waals surface area contributed by atoms with Crippen molar-refractivity contribution in [3.63, 3.8) is 0 Å². The van der Waals surface area contributed by atoms with Gasteiger partial charge >= 0.3 is 0 Å². The van der Waals surface area contributed by atoms with Crippen molar-refractivity contribution < 1.29 is 4.74 Å². The summed E-state index contributed by atoms with van der Waals surface area (Å²) in [6, 6.07) is 15.1. The summed E-state index contributed by atoms with van der Waals surface area (Å²) in [5.41, 5.74) is 8.96. The van der Waals surface area contributed by atoms with Crippen molar-refractivity contribution in [1.29, 1.82) is 0 Å². The van der Waals surface area contributed by atoms with E-state index in [2.05, 4.69) is 5.10 Å². The first kappa shape index (κ1) is 13.5. The summed E-state index contributed by atoms with van der Waals surface area (Å²) in [5.74, 6) is 1.39. The molecule has 4 nitrogen and oxygen atoms in total. The van der Waals surface area contributed by atoms with Gasteiger partial charge in [-0.25, -0.2) is 4.68 Å². The van der Waals surface area contributed by atoms with Gasteiger partial charge in [0.15, 0.2) is 0 Å². The van der Waals surface area contributed by atoms with Crippen LogP contribution in [0, 0.1) is 0 Å². The van der Waals surface area contributed by atoms with Gasteiger partial charge in [-0.15, -0.1) is 0 Å². The van der Waals surface area contributed by atoms with Crippen LogP contribution < -0.4 is 10.5 Å². The molecule has 2 aromatic carbocycles.